The van der Waals surface area contributed by atoms with Gasteiger partial charge < -0.3 is 5.11 Å². The third kappa shape index (κ3) is 4.33. The lowest BCUT2D eigenvalue weighted by atomic mass is 10.2. The number of nitro benzene ring substituents is 1. The summed E-state index contributed by atoms with van der Waals surface area (Å²) in [7, 11) is 0. The zero-order chi connectivity index (χ0) is 13.8. The Balaban J connectivity index is 2.04. The van der Waals surface area contributed by atoms with E-state index in [1.165, 1.54) is 12.1 Å². The van der Waals surface area contributed by atoms with E-state index >= 15 is 0 Å². The van der Waals surface area contributed by atoms with E-state index < -0.39 is 10.9 Å². The Bertz CT molecular complexity index is 485. The molecule has 0 aliphatic heterocycles. The van der Waals surface area contributed by atoms with E-state index in [0.717, 1.165) is 24.9 Å². The molecule has 0 bridgehead atoms. The van der Waals surface area contributed by atoms with Crippen molar-refractivity contribution < 1.29 is 14.8 Å². The number of hydrogen-bond acceptors (Lipinski definition) is 4. The van der Waals surface area contributed by atoms with Gasteiger partial charge >= 0.3 is 5.97 Å². The molecule has 0 atom stereocenters. The third-order valence-corrected chi connectivity index (χ3v) is 3.10. The molecule has 0 saturated heterocycles. The molecule has 1 fully saturated rings. The molecule has 1 aromatic rings. The van der Waals surface area contributed by atoms with Crippen LogP contribution in [-0.4, -0.2) is 34.0 Å². The normalized spacial score (nSPS) is 14.6. The fourth-order valence-electron chi connectivity index (χ4n) is 2.07. The molecule has 1 N–H and O–H groups in total. The molecule has 0 radical (unpaired) electrons. The van der Waals surface area contributed by atoms with Gasteiger partial charge in [-0.3, -0.25) is 19.8 Å². The topological polar surface area (TPSA) is 83.7 Å². The molecule has 6 heteroatoms. The van der Waals surface area contributed by atoms with Crippen LogP contribution < -0.4 is 0 Å². The summed E-state index contributed by atoms with van der Waals surface area (Å²) in [5, 5.41) is 19.6. The average Bonchev–Trinajstić information content (AvgIpc) is 3.12. The molecule has 0 unspecified atom stereocenters. The number of nitrogens with zero attached hydrogens (tertiary/aromatic N) is 2. The molecule has 0 heterocycles. The number of non-ortho nitro benzene ring substituents is 1. The van der Waals surface area contributed by atoms with E-state index in [1.54, 1.807) is 12.1 Å². The first-order chi connectivity index (χ1) is 9.04. The summed E-state index contributed by atoms with van der Waals surface area (Å²) in [5.74, 6) is -0.288. The number of rotatable bonds is 7. The van der Waals surface area contributed by atoms with Crippen molar-refractivity contribution >= 4 is 11.7 Å². The van der Waals surface area contributed by atoms with E-state index in [2.05, 4.69) is 0 Å². The Morgan fingerprint density at radius 2 is 2.21 bits per heavy atom. The minimum Gasteiger partial charge on any atom is -0.480 e. The van der Waals surface area contributed by atoms with Gasteiger partial charge in [-0.05, 0) is 24.3 Å². The van der Waals surface area contributed by atoms with Crippen molar-refractivity contribution in [2.24, 2.45) is 5.92 Å². The molecule has 0 amide bonds. The largest absolute Gasteiger partial charge is 0.480 e. The average molecular weight is 264 g/mol. The molecule has 2 rings (SSSR count). The predicted octanol–water partition coefficient (Wildman–Crippen LogP) is 1.89. The summed E-state index contributed by atoms with van der Waals surface area (Å²) in [4.78, 5) is 22.9. The molecule has 102 valence electrons. The zero-order valence-corrected chi connectivity index (χ0v) is 10.5. The van der Waals surface area contributed by atoms with Crippen molar-refractivity contribution in [2.75, 3.05) is 13.1 Å². The van der Waals surface area contributed by atoms with Crippen molar-refractivity contribution in [3.8, 4) is 0 Å². The first-order valence-electron chi connectivity index (χ1n) is 6.22. The smallest absolute Gasteiger partial charge is 0.317 e. The lowest BCUT2D eigenvalue weighted by Gasteiger charge is -2.19. The van der Waals surface area contributed by atoms with E-state index in [0.29, 0.717) is 12.5 Å². The monoisotopic (exact) mass is 264 g/mol. The minimum atomic E-state index is -0.869. The second kappa shape index (κ2) is 5.79. The van der Waals surface area contributed by atoms with Gasteiger partial charge in [-0.1, -0.05) is 12.1 Å². The van der Waals surface area contributed by atoms with Gasteiger partial charge in [0.15, 0.2) is 0 Å². The molecule has 1 saturated carbocycles. The molecule has 6 nitrogen and oxygen atoms in total. The maximum Gasteiger partial charge on any atom is 0.317 e. The quantitative estimate of drug-likeness (QED) is 0.600. The van der Waals surface area contributed by atoms with Crippen LogP contribution in [0, 0.1) is 16.0 Å². The van der Waals surface area contributed by atoms with Crippen LogP contribution >= 0.6 is 0 Å². The molecule has 1 aliphatic rings. The van der Waals surface area contributed by atoms with Crippen molar-refractivity contribution in [1.29, 1.82) is 0 Å². The first kappa shape index (κ1) is 13.5. The summed E-state index contributed by atoms with van der Waals surface area (Å²) >= 11 is 0. The van der Waals surface area contributed by atoms with Crippen LogP contribution in [0.1, 0.15) is 18.4 Å². The number of aliphatic carboxylic acids is 1. The lowest BCUT2D eigenvalue weighted by Crippen LogP contribution is -2.31. The van der Waals surface area contributed by atoms with Gasteiger partial charge in [0.05, 0.1) is 11.5 Å². The van der Waals surface area contributed by atoms with Crippen molar-refractivity contribution in [1.82, 2.24) is 4.90 Å². The predicted molar refractivity (Wildman–Crippen MR) is 68.7 cm³/mol. The standard InChI is InChI=1S/C13H16N2O4/c16-13(17)9-14(7-10-4-5-10)8-11-2-1-3-12(6-11)15(18)19/h1-3,6,10H,4-5,7-9H2,(H,16,17). The Hall–Kier alpha value is -1.95. The highest BCUT2D eigenvalue weighted by Gasteiger charge is 2.25. The SMILES string of the molecule is O=C(O)CN(Cc1cccc([N+](=O)[O-])c1)CC1CC1. The van der Waals surface area contributed by atoms with Crippen LogP contribution in [0.4, 0.5) is 5.69 Å². The van der Waals surface area contributed by atoms with Crippen LogP contribution in [0.5, 0.6) is 0 Å². The highest BCUT2D eigenvalue weighted by Crippen LogP contribution is 2.30. The molecule has 19 heavy (non-hydrogen) atoms. The Morgan fingerprint density at radius 3 is 2.79 bits per heavy atom. The summed E-state index contributed by atoms with van der Waals surface area (Å²) in [6.45, 7) is 1.15. The van der Waals surface area contributed by atoms with Crippen LogP contribution in [0.25, 0.3) is 0 Å². The number of benzene rings is 1. The lowest BCUT2D eigenvalue weighted by molar-refractivity contribution is -0.384. The van der Waals surface area contributed by atoms with Gasteiger partial charge in [0.2, 0.25) is 0 Å². The van der Waals surface area contributed by atoms with E-state index in [-0.39, 0.29) is 12.2 Å². The van der Waals surface area contributed by atoms with Crippen LogP contribution in [0.2, 0.25) is 0 Å². The van der Waals surface area contributed by atoms with Crippen LogP contribution in [0.15, 0.2) is 24.3 Å². The zero-order valence-electron chi connectivity index (χ0n) is 10.5. The number of nitro groups is 1. The first-order valence-corrected chi connectivity index (χ1v) is 6.22. The fraction of sp³-hybridized carbons (Fsp3) is 0.462. The maximum atomic E-state index is 10.8. The Kier molecular flexibility index (Phi) is 4.11. The molecule has 0 spiro atoms. The van der Waals surface area contributed by atoms with Gasteiger partial charge in [0.1, 0.15) is 0 Å². The van der Waals surface area contributed by atoms with Gasteiger partial charge in [-0.2, -0.15) is 0 Å². The highest BCUT2D eigenvalue weighted by atomic mass is 16.6. The summed E-state index contributed by atoms with van der Waals surface area (Å²) in [6.07, 6.45) is 2.29. The number of carbonyl (C=O) groups is 1. The fourth-order valence-corrected chi connectivity index (χ4v) is 2.07. The van der Waals surface area contributed by atoms with E-state index in [4.69, 9.17) is 5.11 Å². The van der Waals surface area contributed by atoms with Gasteiger partial charge in [-0.25, -0.2) is 0 Å². The van der Waals surface area contributed by atoms with E-state index in [9.17, 15) is 14.9 Å². The number of hydrogen-bond donors (Lipinski definition) is 1. The van der Waals surface area contributed by atoms with E-state index in [1.807, 2.05) is 4.90 Å². The Morgan fingerprint density at radius 1 is 1.47 bits per heavy atom. The summed E-state index contributed by atoms with van der Waals surface area (Å²) < 4.78 is 0. The molecular formula is C13H16N2O4. The number of carboxylic acids is 1. The van der Waals surface area contributed by atoms with Gasteiger partial charge in [0.25, 0.3) is 5.69 Å². The second-order valence-electron chi connectivity index (χ2n) is 4.93. The molecule has 1 aromatic carbocycles. The van der Waals surface area contributed by atoms with Crippen LogP contribution in [0.3, 0.4) is 0 Å². The van der Waals surface area contributed by atoms with Gasteiger partial charge in [0, 0.05) is 25.2 Å². The summed E-state index contributed by atoms with van der Waals surface area (Å²) in [5.41, 5.74) is 0.815. The van der Waals surface area contributed by atoms with Crippen LogP contribution in [-0.2, 0) is 11.3 Å². The van der Waals surface area contributed by atoms with Gasteiger partial charge in [-0.15, -0.1) is 0 Å². The molecule has 1 aliphatic carbocycles. The minimum absolute atomic E-state index is 0.0286. The summed E-state index contributed by atoms with van der Waals surface area (Å²) in [6, 6.07) is 6.35. The van der Waals surface area contributed by atoms with Crippen molar-refractivity contribution in [3.63, 3.8) is 0 Å². The van der Waals surface area contributed by atoms with Crippen molar-refractivity contribution in [3.05, 3.63) is 39.9 Å². The van der Waals surface area contributed by atoms with Crippen molar-refractivity contribution in [2.45, 2.75) is 19.4 Å². The molecular weight excluding hydrogens is 248 g/mol. The Labute approximate surface area is 110 Å². The highest BCUT2D eigenvalue weighted by molar-refractivity contribution is 5.69. The second-order valence-corrected chi connectivity index (χ2v) is 4.93. The maximum absolute atomic E-state index is 10.8. The third-order valence-electron chi connectivity index (χ3n) is 3.10. The molecule has 0 aromatic heterocycles. The number of carboxylic acid groups (broad SMARTS) is 1.